The molecule has 2 amide bonds. The first-order chi connectivity index (χ1) is 16.8. The predicted octanol–water partition coefficient (Wildman–Crippen LogP) is 4.84. The van der Waals surface area contributed by atoms with E-state index in [1.807, 2.05) is 0 Å². The Hall–Kier alpha value is -3.94. The molecule has 0 radical (unpaired) electrons. The van der Waals surface area contributed by atoms with E-state index in [9.17, 15) is 36.3 Å². The van der Waals surface area contributed by atoms with E-state index in [-0.39, 0.29) is 32.5 Å². The van der Waals surface area contributed by atoms with Crippen LogP contribution in [-0.4, -0.2) is 23.9 Å². The van der Waals surface area contributed by atoms with Crippen molar-refractivity contribution >= 4 is 34.1 Å². The summed E-state index contributed by atoms with van der Waals surface area (Å²) in [6.45, 7) is 3.86. The number of hydrogen-bond acceptors (Lipinski definition) is 7. The molecule has 192 valence electrons. The lowest BCUT2D eigenvalue weighted by molar-refractivity contribution is 0.0379. The summed E-state index contributed by atoms with van der Waals surface area (Å²) in [5.41, 5.74) is 5.44. The molecule has 0 aliphatic carbocycles. The molecule has 0 fully saturated rings. The average Bonchev–Trinajstić information content (AvgIpc) is 3.40. The molecule has 3 aromatic rings. The smallest absolute Gasteiger partial charge is 0.341 e. The SMILES string of the molecule is Cc1c(C(N)=O)sc(NC(=O)c2ccc(COc3c(F)c(F)c(F)c(F)c3F)o2)c1C(=O)OC(C)C. The van der Waals surface area contributed by atoms with Gasteiger partial charge in [0.25, 0.3) is 11.8 Å². The van der Waals surface area contributed by atoms with Gasteiger partial charge in [0.15, 0.2) is 11.5 Å². The predicted molar refractivity (Wildman–Crippen MR) is 115 cm³/mol. The summed E-state index contributed by atoms with van der Waals surface area (Å²) in [5, 5.41) is 2.35. The van der Waals surface area contributed by atoms with E-state index < -0.39 is 65.3 Å². The van der Waals surface area contributed by atoms with Crippen LogP contribution in [0, 0.1) is 36.0 Å². The maximum Gasteiger partial charge on any atom is 0.341 e. The van der Waals surface area contributed by atoms with Gasteiger partial charge < -0.3 is 24.9 Å². The molecule has 36 heavy (non-hydrogen) atoms. The van der Waals surface area contributed by atoms with Crippen molar-refractivity contribution in [3.63, 3.8) is 0 Å². The van der Waals surface area contributed by atoms with Crippen molar-refractivity contribution in [2.45, 2.75) is 33.5 Å². The van der Waals surface area contributed by atoms with E-state index >= 15 is 0 Å². The quantitative estimate of drug-likeness (QED) is 0.185. The normalized spacial score (nSPS) is 11.0. The van der Waals surface area contributed by atoms with E-state index in [1.165, 1.54) is 6.92 Å². The first-order valence-corrected chi connectivity index (χ1v) is 10.8. The maximum absolute atomic E-state index is 13.7. The van der Waals surface area contributed by atoms with Gasteiger partial charge in [-0.15, -0.1) is 11.3 Å². The lowest BCUT2D eigenvalue weighted by Gasteiger charge is -2.10. The van der Waals surface area contributed by atoms with Crippen LogP contribution >= 0.6 is 11.3 Å². The van der Waals surface area contributed by atoms with E-state index in [1.54, 1.807) is 13.8 Å². The lowest BCUT2D eigenvalue weighted by atomic mass is 10.1. The number of carbonyl (C=O) groups is 3. The van der Waals surface area contributed by atoms with Crippen molar-refractivity contribution in [3.8, 4) is 5.75 Å². The van der Waals surface area contributed by atoms with Crippen LogP contribution in [0.5, 0.6) is 5.75 Å². The Morgan fingerprint density at radius 1 is 1.03 bits per heavy atom. The molecule has 3 rings (SSSR count). The molecular formula is C22H17F5N2O6S. The van der Waals surface area contributed by atoms with Crippen molar-refractivity contribution in [1.29, 1.82) is 0 Å². The average molecular weight is 532 g/mol. The monoisotopic (exact) mass is 532 g/mol. The molecule has 0 aliphatic rings. The molecule has 0 saturated heterocycles. The molecule has 0 saturated carbocycles. The van der Waals surface area contributed by atoms with E-state index in [0.29, 0.717) is 0 Å². The van der Waals surface area contributed by atoms with E-state index in [2.05, 4.69) is 10.1 Å². The lowest BCUT2D eigenvalue weighted by Crippen LogP contribution is -2.17. The number of halogens is 5. The third-order valence-electron chi connectivity index (χ3n) is 4.56. The Bertz CT molecular complexity index is 1340. The summed E-state index contributed by atoms with van der Waals surface area (Å²) < 4.78 is 82.3. The van der Waals surface area contributed by atoms with Crippen LogP contribution in [0.1, 0.15) is 55.8 Å². The highest BCUT2D eigenvalue weighted by Crippen LogP contribution is 2.34. The number of esters is 1. The molecule has 3 N–H and O–H groups in total. The van der Waals surface area contributed by atoms with Gasteiger partial charge in [-0.25, -0.2) is 18.0 Å². The summed E-state index contributed by atoms with van der Waals surface area (Å²) in [6, 6.07) is 2.29. The molecule has 2 aromatic heterocycles. The van der Waals surface area contributed by atoms with Crippen LogP contribution in [0.2, 0.25) is 0 Å². The zero-order valence-corrected chi connectivity index (χ0v) is 19.6. The number of thiophene rings is 1. The summed E-state index contributed by atoms with van der Waals surface area (Å²) in [7, 11) is 0. The second kappa shape index (κ2) is 10.4. The first-order valence-electron chi connectivity index (χ1n) is 10.0. The highest BCUT2D eigenvalue weighted by Gasteiger charge is 2.29. The number of nitrogens with one attached hydrogen (secondary N) is 1. The van der Waals surface area contributed by atoms with Gasteiger partial charge in [-0.1, -0.05) is 0 Å². The van der Waals surface area contributed by atoms with E-state index in [4.69, 9.17) is 14.9 Å². The maximum atomic E-state index is 13.7. The van der Waals surface area contributed by atoms with Crippen molar-refractivity contribution < 1.29 is 50.2 Å². The topological polar surface area (TPSA) is 121 Å². The molecular weight excluding hydrogens is 515 g/mol. The number of carbonyl (C=O) groups excluding carboxylic acids is 3. The number of amides is 2. The van der Waals surface area contributed by atoms with Crippen molar-refractivity contribution in [1.82, 2.24) is 0 Å². The minimum atomic E-state index is -2.34. The minimum Gasteiger partial charge on any atom is -0.479 e. The molecule has 0 spiro atoms. The molecule has 0 atom stereocenters. The number of rotatable bonds is 8. The van der Waals surface area contributed by atoms with Gasteiger partial charge in [0.1, 0.15) is 17.4 Å². The third-order valence-corrected chi connectivity index (χ3v) is 5.78. The van der Waals surface area contributed by atoms with Crippen molar-refractivity contribution in [3.05, 3.63) is 68.7 Å². The fourth-order valence-electron chi connectivity index (χ4n) is 2.95. The summed E-state index contributed by atoms with van der Waals surface area (Å²) in [5.74, 6) is -15.7. The summed E-state index contributed by atoms with van der Waals surface area (Å²) in [4.78, 5) is 36.9. The van der Waals surface area contributed by atoms with Gasteiger partial charge in [0.2, 0.25) is 29.1 Å². The first kappa shape index (κ1) is 26.7. The third kappa shape index (κ3) is 5.17. The Labute approximate surface area is 203 Å². The van der Waals surface area contributed by atoms with Gasteiger partial charge >= 0.3 is 5.97 Å². The zero-order valence-electron chi connectivity index (χ0n) is 18.8. The fraction of sp³-hybridized carbons (Fsp3) is 0.227. The highest BCUT2D eigenvalue weighted by molar-refractivity contribution is 7.18. The van der Waals surface area contributed by atoms with Gasteiger partial charge in [-0.2, -0.15) is 8.78 Å². The Balaban J connectivity index is 1.80. The van der Waals surface area contributed by atoms with Crippen LogP contribution < -0.4 is 15.8 Å². The largest absolute Gasteiger partial charge is 0.479 e. The van der Waals surface area contributed by atoms with Crippen LogP contribution in [0.4, 0.5) is 27.0 Å². The number of primary amides is 1. The Kier molecular flexibility index (Phi) is 7.67. The Morgan fingerprint density at radius 2 is 1.61 bits per heavy atom. The number of furan rings is 1. The molecule has 1 aromatic carbocycles. The van der Waals surface area contributed by atoms with E-state index in [0.717, 1.165) is 23.5 Å². The second-order valence-electron chi connectivity index (χ2n) is 7.49. The van der Waals surface area contributed by atoms with Gasteiger partial charge in [-0.3, -0.25) is 9.59 Å². The summed E-state index contributed by atoms with van der Waals surface area (Å²) in [6.07, 6.45) is -0.497. The molecule has 2 heterocycles. The number of anilines is 1. The Morgan fingerprint density at radius 3 is 2.17 bits per heavy atom. The van der Waals surface area contributed by atoms with Gasteiger partial charge in [0.05, 0.1) is 16.5 Å². The zero-order chi connectivity index (χ0) is 26.9. The molecule has 0 bridgehead atoms. The minimum absolute atomic E-state index is 0.0114. The molecule has 0 aliphatic heterocycles. The second-order valence-corrected chi connectivity index (χ2v) is 8.51. The van der Waals surface area contributed by atoms with Crippen LogP contribution in [0.3, 0.4) is 0 Å². The van der Waals surface area contributed by atoms with Crippen molar-refractivity contribution in [2.75, 3.05) is 5.32 Å². The van der Waals surface area contributed by atoms with Crippen LogP contribution in [0.15, 0.2) is 16.5 Å². The molecule has 0 unspecified atom stereocenters. The molecule has 8 nitrogen and oxygen atoms in total. The number of benzene rings is 1. The van der Waals surface area contributed by atoms with Gasteiger partial charge in [-0.05, 0) is 38.5 Å². The van der Waals surface area contributed by atoms with Crippen LogP contribution in [-0.2, 0) is 11.3 Å². The number of hydrogen-bond donors (Lipinski definition) is 2. The van der Waals surface area contributed by atoms with Crippen LogP contribution in [0.25, 0.3) is 0 Å². The fourth-order valence-corrected chi connectivity index (χ4v) is 3.99. The standard InChI is InChI=1S/C22H17F5N2O6S/c1-7(2)34-22(32)11-8(3)18(19(28)30)36-21(11)29-20(31)10-5-4-9(35-10)6-33-17-15(26)13(24)12(23)14(25)16(17)27/h4-5,7H,6H2,1-3H3,(H2,28,30)(H,29,31). The summed E-state index contributed by atoms with van der Waals surface area (Å²) >= 11 is 0.735. The van der Waals surface area contributed by atoms with Crippen molar-refractivity contribution in [2.24, 2.45) is 5.73 Å². The number of ether oxygens (including phenoxy) is 2. The highest BCUT2D eigenvalue weighted by atomic mass is 32.1. The van der Waals surface area contributed by atoms with Gasteiger partial charge in [0, 0.05) is 0 Å². The number of nitrogens with two attached hydrogens (primary N) is 1. The molecule has 14 heteroatoms.